The molecule has 0 bridgehead atoms. The van der Waals surface area contributed by atoms with Gasteiger partial charge in [0, 0.05) is 27.6 Å². The van der Waals surface area contributed by atoms with E-state index in [-0.39, 0.29) is 5.91 Å². The molecule has 3 aromatic rings. The topological polar surface area (TPSA) is 51.7 Å². The maximum absolute atomic E-state index is 13.4. The van der Waals surface area contributed by atoms with Gasteiger partial charge in [-0.25, -0.2) is 4.98 Å². The lowest BCUT2D eigenvalue weighted by Gasteiger charge is -2.23. The Morgan fingerprint density at radius 2 is 2.07 bits per heavy atom. The summed E-state index contributed by atoms with van der Waals surface area (Å²) in [5, 5.41) is 3.45. The number of thioether (sulfide) groups is 1. The number of carbonyl (C=O) groups is 1. The molecule has 0 saturated heterocycles. The number of benzene rings is 2. The van der Waals surface area contributed by atoms with Crippen molar-refractivity contribution in [1.82, 2.24) is 4.98 Å². The predicted octanol–water partition coefficient (Wildman–Crippen LogP) is 5.57. The molecule has 0 saturated carbocycles. The molecule has 1 amide bonds. The van der Waals surface area contributed by atoms with Gasteiger partial charge in [-0.05, 0) is 43.7 Å². The van der Waals surface area contributed by atoms with Crippen LogP contribution in [0.5, 0.6) is 11.5 Å². The van der Waals surface area contributed by atoms with Gasteiger partial charge in [-0.2, -0.15) is 0 Å². The number of hydrogen-bond acceptors (Lipinski definition) is 6. The van der Waals surface area contributed by atoms with E-state index in [4.69, 9.17) is 9.47 Å². The molecule has 0 aliphatic carbocycles. The number of aryl methyl sites for hydroxylation is 1. The van der Waals surface area contributed by atoms with Gasteiger partial charge < -0.3 is 14.4 Å². The number of rotatable bonds is 5. The molecule has 0 fully saturated rings. The molecule has 156 valence electrons. The molecule has 2 aromatic carbocycles. The van der Waals surface area contributed by atoms with Gasteiger partial charge in [-0.1, -0.05) is 19.1 Å². The van der Waals surface area contributed by atoms with E-state index in [1.165, 1.54) is 0 Å². The summed E-state index contributed by atoms with van der Waals surface area (Å²) in [5.74, 6) is 1.11. The van der Waals surface area contributed by atoms with Gasteiger partial charge in [-0.15, -0.1) is 23.1 Å². The monoisotopic (exact) mass is 440 g/mol. The van der Waals surface area contributed by atoms with Crippen LogP contribution in [0.1, 0.15) is 34.4 Å². The molecule has 0 spiro atoms. The SMILES string of the molecule is COc1cc(C(=O)N2CC[C@H](C)Sc3ccccc32)ccc1OCc1csc(C)n1. The number of para-hydroxylation sites is 1. The van der Waals surface area contributed by atoms with Crippen LogP contribution in [0.3, 0.4) is 0 Å². The van der Waals surface area contributed by atoms with Gasteiger partial charge in [0.1, 0.15) is 6.61 Å². The third kappa shape index (κ3) is 4.47. The summed E-state index contributed by atoms with van der Waals surface area (Å²) < 4.78 is 11.4. The lowest BCUT2D eigenvalue weighted by molar-refractivity contribution is 0.0986. The molecule has 0 N–H and O–H groups in total. The zero-order valence-electron chi connectivity index (χ0n) is 17.3. The highest BCUT2D eigenvalue weighted by Crippen LogP contribution is 2.38. The lowest BCUT2D eigenvalue weighted by Crippen LogP contribution is -2.32. The van der Waals surface area contributed by atoms with Crippen LogP contribution in [-0.4, -0.2) is 29.8 Å². The zero-order chi connectivity index (χ0) is 21.1. The quantitative estimate of drug-likeness (QED) is 0.519. The van der Waals surface area contributed by atoms with Gasteiger partial charge in [0.2, 0.25) is 0 Å². The summed E-state index contributed by atoms with van der Waals surface area (Å²) in [7, 11) is 1.59. The van der Waals surface area contributed by atoms with E-state index in [0.717, 1.165) is 27.7 Å². The highest BCUT2D eigenvalue weighted by molar-refractivity contribution is 8.00. The summed E-state index contributed by atoms with van der Waals surface area (Å²) in [4.78, 5) is 20.8. The molecule has 0 unspecified atom stereocenters. The lowest BCUT2D eigenvalue weighted by atomic mass is 10.1. The van der Waals surface area contributed by atoms with Gasteiger partial charge in [-0.3, -0.25) is 4.79 Å². The van der Waals surface area contributed by atoms with Crippen molar-refractivity contribution in [2.24, 2.45) is 0 Å². The van der Waals surface area contributed by atoms with Crippen LogP contribution in [0.25, 0.3) is 0 Å². The van der Waals surface area contributed by atoms with Crippen molar-refractivity contribution < 1.29 is 14.3 Å². The highest BCUT2D eigenvalue weighted by atomic mass is 32.2. The molecule has 1 aromatic heterocycles. The summed E-state index contributed by atoms with van der Waals surface area (Å²) in [6.45, 7) is 5.22. The Hall–Kier alpha value is -2.51. The number of anilines is 1. The normalized spacial score (nSPS) is 16.0. The maximum Gasteiger partial charge on any atom is 0.258 e. The molecule has 1 aliphatic heterocycles. The number of carbonyl (C=O) groups excluding carboxylic acids is 1. The van der Waals surface area contributed by atoms with E-state index < -0.39 is 0 Å². The van der Waals surface area contributed by atoms with Crippen LogP contribution in [0.4, 0.5) is 5.69 Å². The number of ether oxygens (including phenoxy) is 2. The molecular formula is C23H24N2O3S2. The van der Waals surface area contributed by atoms with E-state index in [1.807, 2.05) is 47.2 Å². The van der Waals surface area contributed by atoms with E-state index in [9.17, 15) is 4.79 Å². The van der Waals surface area contributed by atoms with Crippen LogP contribution in [0.2, 0.25) is 0 Å². The van der Waals surface area contributed by atoms with Crippen molar-refractivity contribution >= 4 is 34.7 Å². The van der Waals surface area contributed by atoms with Gasteiger partial charge in [0.25, 0.3) is 5.91 Å². The fraction of sp³-hybridized carbons (Fsp3) is 0.304. The standard InChI is InChI=1S/C23H24N2O3S2/c1-15-10-11-25(19-6-4-5-7-22(19)30-15)23(26)17-8-9-20(21(12-17)27-3)28-13-18-14-29-16(2)24-18/h4-9,12,14-15H,10-11,13H2,1-3H3/t15-/m0/s1. The minimum Gasteiger partial charge on any atom is -0.493 e. The first-order valence-electron chi connectivity index (χ1n) is 9.84. The Morgan fingerprint density at radius 1 is 1.23 bits per heavy atom. The average molecular weight is 441 g/mol. The first-order chi connectivity index (χ1) is 14.5. The molecule has 2 heterocycles. The number of aromatic nitrogens is 1. The Bertz CT molecular complexity index is 1050. The van der Waals surface area contributed by atoms with Crippen LogP contribution in [0, 0.1) is 6.92 Å². The molecule has 0 radical (unpaired) electrons. The van der Waals surface area contributed by atoms with Crippen LogP contribution in [-0.2, 0) is 6.61 Å². The zero-order valence-corrected chi connectivity index (χ0v) is 18.9. The van der Waals surface area contributed by atoms with Crippen molar-refractivity contribution in [3.8, 4) is 11.5 Å². The number of methoxy groups -OCH3 is 1. The van der Waals surface area contributed by atoms with Gasteiger partial charge in [0.05, 0.1) is 23.5 Å². The number of fused-ring (bicyclic) bond motifs is 1. The fourth-order valence-corrected chi connectivity index (χ4v) is 5.11. The highest BCUT2D eigenvalue weighted by Gasteiger charge is 2.25. The van der Waals surface area contributed by atoms with Crippen molar-refractivity contribution in [3.63, 3.8) is 0 Å². The van der Waals surface area contributed by atoms with E-state index >= 15 is 0 Å². The van der Waals surface area contributed by atoms with E-state index in [1.54, 1.807) is 36.6 Å². The van der Waals surface area contributed by atoms with Crippen LogP contribution < -0.4 is 14.4 Å². The third-order valence-electron chi connectivity index (χ3n) is 4.94. The Balaban J connectivity index is 1.57. The third-order valence-corrected chi connectivity index (χ3v) is 7.00. The number of hydrogen-bond donors (Lipinski definition) is 0. The Morgan fingerprint density at radius 3 is 2.83 bits per heavy atom. The predicted molar refractivity (Wildman–Crippen MR) is 122 cm³/mol. The second-order valence-corrected chi connectivity index (χ2v) is 9.70. The minimum atomic E-state index is -0.0304. The van der Waals surface area contributed by atoms with Crippen molar-refractivity contribution in [1.29, 1.82) is 0 Å². The smallest absolute Gasteiger partial charge is 0.258 e. The Kier molecular flexibility index (Phi) is 6.29. The summed E-state index contributed by atoms with van der Waals surface area (Å²) in [6.07, 6.45) is 0.941. The van der Waals surface area contributed by atoms with Crippen LogP contribution >= 0.6 is 23.1 Å². The van der Waals surface area contributed by atoms with Gasteiger partial charge >= 0.3 is 0 Å². The first kappa shape index (κ1) is 20.8. The second kappa shape index (κ2) is 9.10. The van der Waals surface area contributed by atoms with Crippen molar-refractivity contribution in [2.45, 2.75) is 37.0 Å². The largest absolute Gasteiger partial charge is 0.493 e. The van der Waals surface area contributed by atoms with Gasteiger partial charge in [0.15, 0.2) is 11.5 Å². The minimum absolute atomic E-state index is 0.0304. The van der Waals surface area contributed by atoms with Crippen molar-refractivity contribution in [3.05, 3.63) is 64.1 Å². The van der Waals surface area contributed by atoms with E-state index in [0.29, 0.717) is 35.5 Å². The first-order valence-corrected chi connectivity index (χ1v) is 11.6. The number of nitrogens with zero attached hydrogens (tertiary/aromatic N) is 2. The summed E-state index contributed by atoms with van der Waals surface area (Å²) in [6, 6.07) is 13.5. The number of thiazole rings is 1. The van der Waals surface area contributed by atoms with E-state index in [2.05, 4.69) is 18.0 Å². The molecule has 1 atom stereocenters. The molecule has 5 nitrogen and oxygen atoms in total. The molecule has 1 aliphatic rings. The fourth-order valence-electron chi connectivity index (χ4n) is 3.40. The summed E-state index contributed by atoms with van der Waals surface area (Å²) >= 11 is 3.42. The maximum atomic E-state index is 13.4. The molecular weight excluding hydrogens is 416 g/mol. The van der Waals surface area contributed by atoms with Crippen LogP contribution in [0.15, 0.2) is 52.7 Å². The Labute approximate surface area is 185 Å². The number of amides is 1. The molecule has 7 heteroatoms. The average Bonchev–Trinajstić information content (AvgIpc) is 3.09. The molecule has 4 rings (SSSR count). The summed E-state index contributed by atoms with van der Waals surface area (Å²) in [5.41, 5.74) is 2.43. The second-order valence-electron chi connectivity index (χ2n) is 7.15. The van der Waals surface area contributed by atoms with Crippen molar-refractivity contribution in [2.75, 3.05) is 18.6 Å². The molecule has 30 heavy (non-hydrogen) atoms.